The second-order valence-electron chi connectivity index (χ2n) is 7.32. The molecule has 7 nitrogen and oxygen atoms in total. The largest absolute Gasteiger partial charge is 0.490 e. The number of ether oxygens (including phenoxy) is 2. The summed E-state index contributed by atoms with van der Waals surface area (Å²) in [6.07, 6.45) is 2.47. The number of rotatable bonds is 6. The normalized spacial score (nSPS) is 17.6. The van der Waals surface area contributed by atoms with Crippen LogP contribution in [0.5, 0.6) is 11.5 Å². The van der Waals surface area contributed by atoms with Gasteiger partial charge in [-0.25, -0.2) is 0 Å². The van der Waals surface area contributed by atoms with Crippen LogP contribution in [-0.2, 0) is 9.59 Å². The SMILES string of the molecule is CCN(CC)C(=O)C1CCN(CC(=O)Nc2ccc3c(c2)OCCCO3)CC1. The van der Waals surface area contributed by atoms with Crippen molar-refractivity contribution in [3.63, 3.8) is 0 Å². The monoisotopic (exact) mass is 389 g/mol. The molecular weight excluding hydrogens is 358 g/mol. The van der Waals surface area contributed by atoms with Gasteiger partial charge in [0.1, 0.15) is 0 Å². The third-order valence-electron chi connectivity index (χ3n) is 5.41. The van der Waals surface area contributed by atoms with Crippen LogP contribution < -0.4 is 14.8 Å². The van der Waals surface area contributed by atoms with E-state index in [4.69, 9.17) is 9.47 Å². The van der Waals surface area contributed by atoms with Crippen molar-refractivity contribution in [3.8, 4) is 11.5 Å². The summed E-state index contributed by atoms with van der Waals surface area (Å²) in [5, 5.41) is 2.94. The molecule has 2 aliphatic heterocycles. The number of carbonyl (C=O) groups is 2. The summed E-state index contributed by atoms with van der Waals surface area (Å²) < 4.78 is 11.3. The first-order valence-electron chi connectivity index (χ1n) is 10.3. The summed E-state index contributed by atoms with van der Waals surface area (Å²) in [5.41, 5.74) is 0.709. The van der Waals surface area contributed by atoms with Crippen LogP contribution in [0.25, 0.3) is 0 Å². The Morgan fingerprint density at radius 3 is 2.46 bits per heavy atom. The van der Waals surface area contributed by atoms with Crippen LogP contribution in [0.2, 0.25) is 0 Å². The maximum absolute atomic E-state index is 12.5. The number of nitrogens with zero attached hydrogens (tertiary/aromatic N) is 2. The number of anilines is 1. The van der Waals surface area contributed by atoms with Crippen LogP contribution in [0.15, 0.2) is 18.2 Å². The standard InChI is InChI=1S/C21H31N3O4/c1-3-24(4-2)21(26)16-8-10-23(11-9-16)15-20(25)22-17-6-7-18-19(14-17)28-13-5-12-27-18/h6-7,14,16H,3-5,8-13,15H2,1-2H3,(H,22,25). The molecule has 1 aromatic rings. The van der Waals surface area contributed by atoms with Gasteiger partial charge in [0, 0.05) is 37.2 Å². The highest BCUT2D eigenvalue weighted by Crippen LogP contribution is 2.32. The van der Waals surface area contributed by atoms with Crippen molar-refractivity contribution >= 4 is 17.5 Å². The minimum Gasteiger partial charge on any atom is -0.490 e. The molecule has 0 aliphatic carbocycles. The number of carbonyl (C=O) groups excluding carboxylic acids is 2. The Hall–Kier alpha value is -2.28. The summed E-state index contributed by atoms with van der Waals surface area (Å²) in [6.45, 7) is 8.68. The first kappa shape index (κ1) is 20.5. The zero-order valence-electron chi connectivity index (χ0n) is 16.9. The number of piperidine rings is 1. The Morgan fingerprint density at radius 2 is 1.79 bits per heavy atom. The number of hydrogen-bond acceptors (Lipinski definition) is 5. The van der Waals surface area contributed by atoms with Crippen molar-refractivity contribution in [3.05, 3.63) is 18.2 Å². The highest BCUT2D eigenvalue weighted by Gasteiger charge is 2.28. The minimum absolute atomic E-state index is 0.0528. The fourth-order valence-electron chi connectivity index (χ4n) is 3.78. The van der Waals surface area contributed by atoms with Crippen LogP contribution in [0.3, 0.4) is 0 Å². The smallest absolute Gasteiger partial charge is 0.238 e. The van der Waals surface area contributed by atoms with Gasteiger partial charge >= 0.3 is 0 Å². The second kappa shape index (κ2) is 9.78. The molecule has 1 N–H and O–H groups in total. The van der Waals surface area contributed by atoms with Gasteiger partial charge in [0.25, 0.3) is 0 Å². The molecule has 0 bridgehead atoms. The summed E-state index contributed by atoms with van der Waals surface area (Å²) in [5.74, 6) is 1.67. The van der Waals surface area contributed by atoms with Gasteiger partial charge in [0.2, 0.25) is 11.8 Å². The Balaban J connectivity index is 1.47. The number of amides is 2. The van der Waals surface area contributed by atoms with E-state index >= 15 is 0 Å². The Labute approximate surface area is 167 Å². The Bertz CT molecular complexity index is 682. The molecular formula is C21H31N3O4. The molecule has 0 unspecified atom stereocenters. The van der Waals surface area contributed by atoms with Crippen LogP contribution in [0.4, 0.5) is 5.69 Å². The topological polar surface area (TPSA) is 71.1 Å². The van der Waals surface area contributed by atoms with Gasteiger partial charge in [-0.15, -0.1) is 0 Å². The van der Waals surface area contributed by atoms with Crippen LogP contribution >= 0.6 is 0 Å². The highest BCUT2D eigenvalue weighted by atomic mass is 16.5. The molecule has 154 valence electrons. The molecule has 1 aromatic carbocycles. The Kier molecular flexibility index (Phi) is 7.14. The molecule has 0 spiro atoms. The van der Waals surface area contributed by atoms with E-state index in [9.17, 15) is 9.59 Å². The van der Waals surface area contributed by atoms with Crippen molar-refractivity contribution < 1.29 is 19.1 Å². The van der Waals surface area contributed by atoms with Gasteiger partial charge < -0.3 is 19.7 Å². The molecule has 28 heavy (non-hydrogen) atoms. The summed E-state index contributed by atoms with van der Waals surface area (Å²) in [4.78, 5) is 28.9. The van der Waals surface area contributed by atoms with Crippen molar-refractivity contribution in [2.45, 2.75) is 33.1 Å². The number of fused-ring (bicyclic) bond motifs is 1. The van der Waals surface area contributed by atoms with E-state index in [0.717, 1.165) is 51.2 Å². The van der Waals surface area contributed by atoms with Crippen molar-refractivity contribution in [2.75, 3.05) is 51.3 Å². The molecule has 2 aliphatic rings. The first-order chi connectivity index (χ1) is 13.6. The first-order valence-corrected chi connectivity index (χ1v) is 10.3. The molecule has 0 atom stereocenters. The van der Waals surface area contributed by atoms with E-state index in [1.54, 1.807) is 0 Å². The lowest BCUT2D eigenvalue weighted by Gasteiger charge is -2.33. The van der Waals surface area contributed by atoms with E-state index in [-0.39, 0.29) is 17.7 Å². The zero-order valence-corrected chi connectivity index (χ0v) is 16.9. The maximum Gasteiger partial charge on any atom is 0.238 e. The van der Waals surface area contributed by atoms with Gasteiger partial charge in [-0.05, 0) is 51.9 Å². The molecule has 1 saturated heterocycles. The third kappa shape index (κ3) is 5.16. The van der Waals surface area contributed by atoms with E-state index in [2.05, 4.69) is 10.2 Å². The van der Waals surface area contributed by atoms with Gasteiger partial charge in [-0.1, -0.05) is 0 Å². The number of hydrogen-bond donors (Lipinski definition) is 1. The van der Waals surface area contributed by atoms with Crippen molar-refractivity contribution in [1.29, 1.82) is 0 Å². The molecule has 0 aromatic heterocycles. The van der Waals surface area contributed by atoms with Crippen molar-refractivity contribution in [1.82, 2.24) is 9.80 Å². The van der Waals surface area contributed by atoms with Gasteiger partial charge in [0.15, 0.2) is 11.5 Å². The third-order valence-corrected chi connectivity index (χ3v) is 5.41. The molecule has 0 saturated carbocycles. The Morgan fingerprint density at radius 1 is 1.11 bits per heavy atom. The fraction of sp³-hybridized carbons (Fsp3) is 0.619. The maximum atomic E-state index is 12.5. The van der Waals surface area contributed by atoms with E-state index in [0.29, 0.717) is 31.2 Å². The number of benzene rings is 1. The lowest BCUT2D eigenvalue weighted by Crippen LogP contribution is -2.44. The number of likely N-dealkylation sites (tertiary alicyclic amines) is 1. The van der Waals surface area contributed by atoms with E-state index < -0.39 is 0 Å². The average molecular weight is 389 g/mol. The molecule has 2 amide bonds. The average Bonchev–Trinajstić information content (AvgIpc) is 2.94. The van der Waals surface area contributed by atoms with Crippen molar-refractivity contribution in [2.24, 2.45) is 5.92 Å². The summed E-state index contributed by atoms with van der Waals surface area (Å²) in [6, 6.07) is 5.48. The predicted octanol–water partition coefficient (Wildman–Crippen LogP) is 2.37. The highest BCUT2D eigenvalue weighted by molar-refractivity contribution is 5.92. The minimum atomic E-state index is -0.0528. The predicted molar refractivity (Wildman–Crippen MR) is 108 cm³/mol. The quantitative estimate of drug-likeness (QED) is 0.809. The number of nitrogens with one attached hydrogen (secondary N) is 1. The second-order valence-corrected chi connectivity index (χ2v) is 7.32. The lowest BCUT2D eigenvalue weighted by molar-refractivity contribution is -0.136. The van der Waals surface area contributed by atoms with E-state index in [1.165, 1.54) is 0 Å². The molecule has 0 radical (unpaired) electrons. The lowest BCUT2D eigenvalue weighted by atomic mass is 9.95. The van der Waals surface area contributed by atoms with Gasteiger partial charge in [0.05, 0.1) is 19.8 Å². The fourth-order valence-corrected chi connectivity index (χ4v) is 3.78. The summed E-state index contributed by atoms with van der Waals surface area (Å²) >= 11 is 0. The van der Waals surface area contributed by atoms with Crippen LogP contribution in [0.1, 0.15) is 33.1 Å². The molecule has 7 heteroatoms. The van der Waals surface area contributed by atoms with Crippen LogP contribution in [0, 0.1) is 5.92 Å². The summed E-state index contributed by atoms with van der Waals surface area (Å²) in [7, 11) is 0. The molecule has 1 fully saturated rings. The zero-order chi connectivity index (χ0) is 19.9. The van der Waals surface area contributed by atoms with E-state index in [1.807, 2.05) is 36.9 Å². The van der Waals surface area contributed by atoms with Crippen LogP contribution in [-0.4, -0.2) is 67.6 Å². The molecule has 3 rings (SSSR count). The van der Waals surface area contributed by atoms with Gasteiger partial charge in [-0.3, -0.25) is 14.5 Å². The van der Waals surface area contributed by atoms with Gasteiger partial charge in [-0.2, -0.15) is 0 Å². The molecule has 2 heterocycles.